The number of carboxylic acids is 1. The van der Waals surface area contributed by atoms with Gasteiger partial charge in [0.05, 0.1) is 18.6 Å². The fraction of sp³-hybridized carbons (Fsp3) is 0.273. The molecule has 0 aliphatic carbocycles. The van der Waals surface area contributed by atoms with Crippen LogP contribution in [0.15, 0.2) is 18.2 Å². The van der Waals surface area contributed by atoms with E-state index < -0.39 is 18.9 Å². The summed E-state index contributed by atoms with van der Waals surface area (Å²) in [5.74, 6) is -1.35. The van der Waals surface area contributed by atoms with Crippen LogP contribution in [0.25, 0.3) is 0 Å². The summed E-state index contributed by atoms with van der Waals surface area (Å²) in [5, 5.41) is 17.7. The van der Waals surface area contributed by atoms with E-state index in [1.807, 2.05) is 0 Å². The molecule has 0 aliphatic rings. The molecular weight excluding hydrogens is 194 g/mol. The quantitative estimate of drug-likeness (QED) is 0.826. The Morgan fingerprint density at radius 3 is 3.07 bits per heavy atom. The van der Waals surface area contributed by atoms with Crippen molar-refractivity contribution in [2.24, 2.45) is 0 Å². The Morgan fingerprint density at radius 2 is 2.53 bits per heavy atom. The van der Waals surface area contributed by atoms with E-state index in [0.29, 0.717) is 0 Å². The molecule has 1 N–H and O–H groups in total. The molecule has 1 aromatic rings. The van der Waals surface area contributed by atoms with Gasteiger partial charge in [0.25, 0.3) is 0 Å². The van der Waals surface area contributed by atoms with E-state index in [1.165, 1.54) is 12.1 Å². The van der Waals surface area contributed by atoms with Gasteiger partial charge in [-0.25, -0.2) is 4.79 Å². The Morgan fingerprint density at radius 1 is 1.80 bits per heavy atom. The first-order valence-corrected chi connectivity index (χ1v) is 4.05. The lowest BCUT2D eigenvalue weighted by Crippen LogP contribution is -2.07. The summed E-state index contributed by atoms with van der Waals surface area (Å²) in [6, 6.07) is 5.11. The Kier molecular flexibility index (Phi) is 1.92. The highest BCUT2D eigenvalue weighted by molar-refractivity contribution is 5.88. The zero-order chi connectivity index (χ0) is 14.8. The molecule has 0 amide bonds. The second-order valence-electron chi connectivity index (χ2n) is 2.79. The largest absolute Gasteiger partial charge is 0.490 e. The summed E-state index contributed by atoms with van der Waals surface area (Å²) >= 11 is 0. The molecule has 1 unspecified atom stereocenters. The molecule has 0 bridgehead atoms. The van der Waals surface area contributed by atoms with Gasteiger partial charge in [-0.2, -0.15) is 5.26 Å². The van der Waals surface area contributed by atoms with Crippen LogP contribution in [0.1, 0.15) is 35.2 Å². The van der Waals surface area contributed by atoms with E-state index in [9.17, 15) is 4.79 Å². The Bertz CT molecular complexity index is 546. The topological polar surface area (TPSA) is 70.3 Å². The smallest absolute Gasteiger partial charge is 0.335 e. The van der Waals surface area contributed by atoms with Crippen LogP contribution >= 0.6 is 0 Å². The summed E-state index contributed by atoms with van der Waals surface area (Å²) in [5.41, 5.74) is -0.257. The SMILES string of the molecule is [2H]C([2H])([2H])C([2H])(C)Oc1ccc(C(=O)O)cc1C#N. The average molecular weight is 209 g/mol. The molecule has 1 aromatic carbocycles. The minimum absolute atomic E-state index is 0.121. The van der Waals surface area contributed by atoms with Gasteiger partial charge in [0.15, 0.2) is 0 Å². The zero-order valence-electron chi connectivity index (χ0n) is 11.9. The molecule has 1 atom stereocenters. The zero-order valence-corrected chi connectivity index (χ0v) is 7.94. The summed E-state index contributed by atoms with van der Waals surface area (Å²) in [6.45, 7) is -1.66. The van der Waals surface area contributed by atoms with Crippen molar-refractivity contribution in [3.63, 3.8) is 0 Å². The molecule has 1 rings (SSSR count). The van der Waals surface area contributed by atoms with Crippen molar-refractivity contribution in [2.75, 3.05) is 0 Å². The number of hydrogen-bond acceptors (Lipinski definition) is 3. The van der Waals surface area contributed by atoms with Crippen molar-refractivity contribution in [2.45, 2.75) is 19.9 Å². The van der Waals surface area contributed by atoms with E-state index >= 15 is 0 Å². The molecule has 15 heavy (non-hydrogen) atoms. The van der Waals surface area contributed by atoms with Crippen LogP contribution in [-0.4, -0.2) is 17.2 Å². The van der Waals surface area contributed by atoms with Gasteiger partial charge < -0.3 is 9.84 Å². The number of hydrogen-bond donors (Lipinski definition) is 1. The molecule has 0 aliphatic heterocycles. The van der Waals surface area contributed by atoms with Crippen LogP contribution in [0.2, 0.25) is 0 Å². The first-order valence-electron chi connectivity index (χ1n) is 6.05. The lowest BCUT2D eigenvalue weighted by Gasteiger charge is -2.11. The minimum atomic E-state index is -2.70. The van der Waals surface area contributed by atoms with Gasteiger partial charge in [-0.3, -0.25) is 0 Å². The highest BCUT2D eigenvalue weighted by Crippen LogP contribution is 2.20. The molecule has 0 heterocycles. The number of carbonyl (C=O) groups is 1. The number of aromatic carboxylic acids is 1. The van der Waals surface area contributed by atoms with Crippen molar-refractivity contribution in [1.82, 2.24) is 0 Å². The van der Waals surface area contributed by atoms with Crippen LogP contribution in [0, 0.1) is 11.3 Å². The monoisotopic (exact) mass is 209 g/mol. The second kappa shape index (κ2) is 4.47. The van der Waals surface area contributed by atoms with Crippen LogP contribution in [0.5, 0.6) is 5.75 Å². The van der Waals surface area contributed by atoms with Crippen molar-refractivity contribution in [3.8, 4) is 11.8 Å². The fourth-order valence-corrected chi connectivity index (χ4v) is 1.00. The predicted octanol–water partition coefficient (Wildman–Crippen LogP) is 2.04. The summed E-state index contributed by atoms with van der Waals surface area (Å²) < 4.78 is 34.1. The minimum Gasteiger partial charge on any atom is -0.490 e. The van der Waals surface area contributed by atoms with Gasteiger partial charge in [0.2, 0.25) is 0 Å². The van der Waals surface area contributed by atoms with Crippen LogP contribution in [0.3, 0.4) is 0 Å². The molecule has 4 nitrogen and oxygen atoms in total. The van der Waals surface area contributed by atoms with Gasteiger partial charge in [-0.05, 0) is 32.0 Å². The molecule has 0 fully saturated rings. The van der Waals surface area contributed by atoms with Crippen molar-refractivity contribution in [1.29, 1.82) is 5.26 Å². The Hall–Kier alpha value is -2.02. The molecule has 0 spiro atoms. The van der Waals surface area contributed by atoms with Crippen LogP contribution in [0.4, 0.5) is 0 Å². The third-order valence-electron chi connectivity index (χ3n) is 1.61. The van der Waals surface area contributed by atoms with Gasteiger partial charge in [-0.1, -0.05) is 0 Å². The lowest BCUT2D eigenvalue weighted by atomic mass is 10.1. The predicted molar refractivity (Wildman–Crippen MR) is 53.9 cm³/mol. The third kappa shape index (κ3) is 2.71. The normalized spacial score (nSPS) is 18.4. The summed E-state index contributed by atoms with van der Waals surface area (Å²) in [7, 11) is 0. The summed E-state index contributed by atoms with van der Waals surface area (Å²) in [4.78, 5) is 10.7. The molecular formula is C11H11NO3. The highest BCUT2D eigenvalue weighted by atomic mass is 16.5. The Balaban J connectivity index is 3.17. The highest BCUT2D eigenvalue weighted by Gasteiger charge is 2.09. The number of rotatable bonds is 3. The molecule has 0 aromatic heterocycles. The number of ether oxygens (including phenoxy) is 1. The summed E-state index contributed by atoms with van der Waals surface area (Å²) in [6.07, 6.45) is -2.23. The average Bonchev–Trinajstić information content (AvgIpc) is 2.27. The lowest BCUT2D eigenvalue weighted by molar-refractivity contribution is 0.0697. The molecule has 4 heteroatoms. The van der Waals surface area contributed by atoms with Crippen molar-refractivity contribution in [3.05, 3.63) is 29.3 Å². The number of nitrogens with zero attached hydrogens (tertiary/aromatic N) is 1. The third-order valence-corrected chi connectivity index (χ3v) is 1.61. The molecule has 0 radical (unpaired) electrons. The molecule has 0 saturated heterocycles. The first-order chi connectivity index (χ1) is 8.58. The maximum Gasteiger partial charge on any atom is 0.335 e. The van der Waals surface area contributed by atoms with E-state index in [1.54, 1.807) is 6.07 Å². The molecule has 0 saturated carbocycles. The fourth-order valence-electron chi connectivity index (χ4n) is 1.00. The van der Waals surface area contributed by atoms with Crippen LogP contribution in [-0.2, 0) is 0 Å². The first kappa shape index (κ1) is 6.46. The number of benzene rings is 1. The van der Waals surface area contributed by atoms with Crippen molar-refractivity contribution < 1.29 is 20.1 Å². The van der Waals surface area contributed by atoms with Gasteiger partial charge >= 0.3 is 5.97 Å². The second-order valence-corrected chi connectivity index (χ2v) is 2.79. The number of nitriles is 1. The van der Waals surface area contributed by atoms with E-state index in [-0.39, 0.29) is 16.9 Å². The van der Waals surface area contributed by atoms with E-state index in [0.717, 1.165) is 13.0 Å². The molecule has 78 valence electrons. The van der Waals surface area contributed by atoms with Crippen molar-refractivity contribution >= 4 is 5.97 Å². The van der Waals surface area contributed by atoms with Gasteiger partial charge in [-0.15, -0.1) is 0 Å². The Labute approximate surface area is 93.3 Å². The number of carboxylic acid groups (broad SMARTS) is 1. The van der Waals surface area contributed by atoms with Gasteiger partial charge in [0, 0.05) is 4.11 Å². The standard InChI is InChI=1S/C11H11NO3/c1-7(2)15-10-4-3-8(11(13)14)5-9(10)6-12/h3-5,7H,1-2H3,(H,13,14)/i1D3,7D. The van der Waals surface area contributed by atoms with Crippen LogP contribution < -0.4 is 4.74 Å². The van der Waals surface area contributed by atoms with E-state index in [2.05, 4.69) is 0 Å². The maximum absolute atomic E-state index is 10.7. The van der Waals surface area contributed by atoms with E-state index in [4.69, 9.17) is 20.6 Å². The maximum atomic E-state index is 10.7. The van der Waals surface area contributed by atoms with Gasteiger partial charge in [0.1, 0.15) is 11.8 Å².